The Hall–Kier alpha value is -3.05. The van der Waals surface area contributed by atoms with E-state index in [0.717, 1.165) is 49.9 Å². The summed E-state index contributed by atoms with van der Waals surface area (Å²) in [7, 11) is 0. The van der Waals surface area contributed by atoms with Gasteiger partial charge in [0.1, 0.15) is 24.3 Å². The second-order valence-electron chi connectivity index (χ2n) is 8.99. The number of fused-ring (bicyclic) bond motifs is 2. The molecule has 3 aliphatic rings. The van der Waals surface area contributed by atoms with Crippen LogP contribution in [-0.4, -0.2) is 52.6 Å². The Balaban J connectivity index is 1.25. The van der Waals surface area contributed by atoms with Crippen molar-refractivity contribution in [1.29, 1.82) is 5.26 Å². The van der Waals surface area contributed by atoms with E-state index in [0.29, 0.717) is 18.7 Å². The highest BCUT2D eigenvalue weighted by Gasteiger charge is 2.43. The van der Waals surface area contributed by atoms with E-state index in [2.05, 4.69) is 20.9 Å². The first-order chi connectivity index (χ1) is 15.6. The van der Waals surface area contributed by atoms with Crippen molar-refractivity contribution in [3.8, 4) is 6.07 Å². The fourth-order valence-corrected chi connectivity index (χ4v) is 5.50. The van der Waals surface area contributed by atoms with Gasteiger partial charge >= 0.3 is 0 Å². The fourth-order valence-electron chi connectivity index (χ4n) is 5.50. The van der Waals surface area contributed by atoms with Crippen molar-refractivity contribution in [2.45, 2.75) is 56.2 Å². The number of aromatic nitrogens is 2. The SMILES string of the molecule is N#Cc1ccc(N2C3CC[C@H]2CN(C(=O)COC2(c4cncc(F)c4)CCCC2)C3)nc1. The van der Waals surface area contributed by atoms with E-state index in [1.807, 2.05) is 11.0 Å². The van der Waals surface area contributed by atoms with Crippen LogP contribution in [0.5, 0.6) is 0 Å². The standard InChI is InChI=1S/C24H26FN5O2/c25-19-9-18(12-27-13-19)24(7-1-2-8-24)32-16-23(31)29-14-20-4-5-21(15-29)30(20)22-6-3-17(10-26)11-28-22/h3,6,9,11-13,20-21H,1-2,4-5,7-8,14-16H2/t20-,21?/m0/s1. The second kappa shape index (κ2) is 8.47. The van der Waals surface area contributed by atoms with Gasteiger partial charge in [-0.1, -0.05) is 12.8 Å². The average molecular weight is 436 g/mol. The third kappa shape index (κ3) is 3.82. The number of pyridine rings is 2. The maximum Gasteiger partial charge on any atom is 0.248 e. The first-order valence-electron chi connectivity index (χ1n) is 11.3. The number of carbonyl (C=O) groups is 1. The van der Waals surface area contributed by atoms with Gasteiger partial charge in [-0.2, -0.15) is 5.26 Å². The number of piperazine rings is 1. The zero-order chi connectivity index (χ0) is 22.1. The minimum atomic E-state index is -0.627. The molecule has 8 heteroatoms. The fraction of sp³-hybridized carbons (Fsp3) is 0.500. The van der Waals surface area contributed by atoms with Crippen molar-refractivity contribution in [2.75, 3.05) is 24.6 Å². The molecule has 0 N–H and O–H groups in total. The van der Waals surface area contributed by atoms with Gasteiger partial charge in [0.2, 0.25) is 5.91 Å². The van der Waals surface area contributed by atoms with Crippen molar-refractivity contribution in [3.63, 3.8) is 0 Å². The van der Waals surface area contributed by atoms with Crippen LogP contribution in [0, 0.1) is 17.1 Å². The molecule has 2 saturated heterocycles. The van der Waals surface area contributed by atoms with Gasteiger partial charge in [0.05, 0.1) is 17.4 Å². The number of ether oxygens (including phenoxy) is 1. The number of anilines is 1. The van der Waals surface area contributed by atoms with Gasteiger partial charge in [-0.05, 0) is 43.9 Å². The van der Waals surface area contributed by atoms with Crippen LogP contribution in [0.15, 0.2) is 36.8 Å². The third-order valence-electron chi connectivity index (χ3n) is 7.09. The lowest BCUT2D eigenvalue weighted by Gasteiger charge is -2.42. The number of carbonyl (C=O) groups excluding carboxylic acids is 1. The molecule has 2 aromatic heterocycles. The summed E-state index contributed by atoms with van der Waals surface area (Å²) >= 11 is 0. The summed E-state index contributed by atoms with van der Waals surface area (Å²) in [5.74, 6) is 0.459. The van der Waals surface area contributed by atoms with E-state index in [1.54, 1.807) is 18.5 Å². The first-order valence-corrected chi connectivity index (χ1v) is 11.3. The smallest absolute Gasteiger partial charge is 0.248 e. The van der Waals surface area contributed by atoms with Crippen LogP contribution >= 0.6 is 0 Å². The summed E-state index contributed by atoms with van der Waals surface area (Å²) in [5, 5.41) is 9.00. The van der Waals surface area contributed by atoms with E-state index < -0.39 is 5.60 Å². The molecule has 7 nitrogen and oxygen atoms in total. The van der Waals surface area contributed by atoms with Crippen molar-refractivity contribution >= 4 is 11.7 Å². The molecule has 4 heterocycles. The normalized spacial score (nSPS) is 23.9. The molecular formula is C24H26FN5O2. The van der Waals surface area contributed by atoms with Crippen molar-refractivity contribution in [3.05, 3.63) is 53.7 Å². The lowest BCUT2D eigenvalue weighted by atomic mass is 9.93. The Morgan fingerprint density at radius 1 is 1.19 bits per heavy atom. The Morgan fingerprint density at radius 2 is 1.94 bits per heavy atom. The van der Waals surface area contributed by atoms with Crippen LogP contribution in [0.3, 0.4) is 0 Å². The number of nitrogens with zero attached hydrogens (tertiary/aromatic N) is 5. The molecule has 1 amide bonds. The number of hydrogen-bond acceptors (Lipinski definition) is 6. The van der Waals surface area contributed by atoms with Crippen molar-refractivity contribution < 1.29 is 13.9 Å². The molecule has 2 aliphatic heterocycles. The van der Waals surface area contributed by atoms with E-state index in [1.165, 1.54) is 12.3 Å². The minimum absolute atomic E-state index is 0.00886. The molecule has 1 saturated carbocycles. The summed E-state index contributed by atoms with van der Waals surface area (Å²) in [5.41, 5.74) is 0.638. The molecule has 2 bridgehead atoms. The van der Waals surface area contributed by atoms with Gasteiger partial charge in [0.15, 0.2) is 0 Å². The number of rotatable bonds is 5. The Morgan fingerprint density at radius 3 is 2.56 bits per heavy atom. The molecule has 2 aromatic rings. The van der Waals surface area contributed by atoms with Crippen LogP contribution in [0.2, 0.25) is 0 Å². The van der Waals surface area contributed by atoms with E-state index >= 15 is 0 Å². The number of amides is 1. The highest BCUT2D eigenvalue weighted by atomic mass is 19.1. The highest BCUT2D eigenvalue weighted by molar-refractivity contribution is 5.78. The molecule has 0 aromatic carbocycles. The minimum Gasteiger partial charge on any atom is -0.360 e. The molecule has 166 valence electrons. The zero-order valence-electron chi connectivity index (χ0n) is 17.9. The number of nitriles is 1. The summed E-state index contributed by atoms with van der Waals surface area (Å²) in [6, 6.07) is 7.68. The molecule has 1 aliphatic carbocycles. The Labute approximate surface area is 186 Å². The molecular weight excluding hydrogens is 409 g/mol. The average Bonchev–Trinajstić information content (AvgIpc) is 3.40. The lowest BCUT2D eigenvalue weighted by Crippen LogP contribution is -2.56. The Kier molecular flexibility index (Phi) is 5.51. The molecule has 3 fully saturated rings. The Bertz CT molecular complexity index is 1020. The van der Waals surface area contributed by atoms with Crippen LogP contribution in [0.4, 0.5) is 10.2 Å². The maximum absolute atomic E-state index is 13.8. The molecule has 0 spiro atoms. The van der Waals surface area contributed by atoms with Crippen LogP contribution in [0.25, 0.3) is 0 Å². The summed E-state index contributed by atoms with van der Waals surface area (Å²) < 4.78 is 20.0. The van der Waals surface area contributed by atoms with Gasteiger partial charge in [-0.3, -0.25) is 9.78 Å². The second-order valence-corrected chi connectivity index (χ2v) is 8.99. The predicted molar refractivity (Wildman–Crippen MR) is 115 cm³/mol. The summed E-state index contributed by atoms with van der Waals surface area (Å²) in [4.78, 5) is 25.7. The largest absolute Gasteiger partial charge is 0.360 e. The van der Waals surface area contributed by atoms with E-state index in [9.17, 15) is 9.18 Å². The topological polar surface area (TPSA) is 82.4 Å². The quantitative estimate of drug-likeness (QED) is 0.718. The van der Waals surface area contributed by atoms with Crippen molar-refractivity contribution in [2.24, 2.45) is 0 Å². The maximum atomic E-state index is 13.8. The molecule has 5 rings (SSSR count). The summed E-state index contributed by atoms with van der Waals surface area (Å²) in [6.07, 6.45) is 9.99. The van der Waals surface area contributed by atoms with Gasteiger partial charge in [-0.25, -0.2) is 9.37 Å². The zero-order valence-corrected chi connectivity index (χ0v) is 17.9. The van der Waals surface area contributed by atoms with E-state index in [-0.39, 0.29) is 30.4 Å². The monoisotopic (exact) mass is 435 g/mol. The van der Waals surface area contributed by atoms with Crippen molar-refractivity contribution in [1.82, 2.24) is 14.9 Å². The number of halogens is 1. The van der Waals surface area contributed by atoms with Crippen LogP contribution in [0.1, 0.15) is 49.7 Å². The highest BCUT2D eigenvalue weighted by Crippen LogP contribution is 2.42. The number of hydrogen-bond donors (Lipinski definition) is 0. The molecule has 2 atom stereocenters. The van der Waals surface area contributed by atoms with Crippen LogP contribution in [-0.2, 0) is 15.1 Å². The van der Waals surface area contributed by atoms with E-state index in [4.69, 9.17) is 10.00 Å². The lowest BCUT2D eigenvalue weighted by molar-refractivity contribution is -0.145. The molecule has 32 heavy (non-hydrogen) atoms. The van der Waals surface area contributed by atoms with Crippen LogP contribution < -0.4 is 4.90 Å². The van der Waals surface area contributed by atoms with Gasteiger partial charge < -0.3 is 14.5 Å². The summed E-state index contributed by atoms with van der Waals surface area (Å²) in [6.45, 7) is 1.26. The molecule has 0 radical (unpaired) electrons. The van der Waals surface area contributed by atoms with Gasteiger partial charge in [0.25, 0.3) is 0 Å². The number of likely N-dealkylation sites (tertiary alicyclic amines) is 1. The molecule has 1 unspecified atom stereocenters. The third-order valence-corrected chi connectivity index (χ3v) is 7.09. The first kappa shape index (κ1) is 20.8. The van der Waals surface area contributed by atoms with Gasteiger partial charge in [0, 0.05) is 43.1 Å². The predicted octanol–water partition coefficient (Wildman–Crippen LogP) is 3.15. The van der Waals surface area contributed by atoms with Gasteiger partial charge in [-0.15, -0.1) is 0 Å².